The molecule has 1 aliphatic carbocycles. The van der Waals surface area contributed by atoms with Crippen LogP contribution in [0.15, 0.2) is 53.4 Å². The molecule has 1 aliphatic heterocycles. The Morgan fingerprint density at radius 3 is 2.43 bits per heavy atom. The van der Waals surface area contributed by atoms with Gasteiger partial charge in [0.05, 0.1) is 4.90 Å². The number of amidine groups is 1. The van der Waals surface area contributed by atoms with Crippen molar-refractivity contribution < 1.29 is 13.2 Å². The van der Waals surface area contributed by atoms with Gasteiger partial charge in [-0.05, 0) is 54.5 Å². The summed E-state index contributed by atoms with van der Waals surface area (Å²) in [6.07, 6.45) is 6.16. The Hall–Kier alpha value is -2.75. The lowest BCUT2D eigenvalue weighted by molar-refractivity contribution is -0.133. The molecule has 1 atom stereocenters. The summed E-state index contributed by atoms with van der Waals surface area (Å²) in [5.74, 6) is 0.168. The van der Waals surface area contributed by atoms with E-state index in [1.54, 1.807) is 35.2 Å². The summed E-state index contributed by atoms with van der Waals surface area (Å²) in [5.41, 5.74) is 8.08. The summed E-state index contributed by atoms with van der Waals surface area (Å²) in [4.78, 5) is 15.3. The number of nitrogens with zero attached hydrogens (tertiary/aromatic N) is 1. The maximum absolute atomic E-state index is 13.4. The van der Waals surface area contributed by atoms with Crippen molar-refractivity contribution in [1.82, 2.24) is 14.9 Å². The molecular formula is C26H35N5O3S. The molecule has 1 saturated carbocycles. The van der Waals surface area contributed by atoms with Gasteiger partial charge >= 0.3 is 0 Å². The quantitative estimate of drug-likeness (QED) is 0.329. The molecule has 4 rings (SSSR count). The number of hydrogen-bond donors (Lipinski definition) is 4. The second kappa shape index (κ2) is 11.3. The van der Waals surface area contributed by atoms with E-state index >= 15 is 0 Å². The van der Waals surface area contributed by atoms with Gasteiger partial charge in [0.1, 0.15) is 11.9 Å². The number of nitrogens with two attached hydrogens (primary N) is 1. The van der Waals surface area contributed by atoms with Gasteiger partial charge in [-0.1, -0.05) is 49.6 Å². The highest BCUT2D eigenvalue weighted by molar-refractivity contribution is 7.89. The molecule has 2 aliphatic rings. The van der Waals surface area contributed by atoms with Crippen LogP contribution in [0.2, 0.25) is 0 Å². The standard InChI is InChI=1S/C26H35N5O3S/c27-25(28)22-8-4-5-19(17-22)18-24(26(32)31-15-13-29-14-16-31)30-35(33,34)23-11-9-21(10-12-23)20-6-2-1-3-7-20/h4-5,8-12,17,20,24,29-30H,1-3,6-7,13-16,18H2,(H3,27,28)/t24-/m0/s1. The monoisotopic (exact) mass is 497 g/mol. The average Bonchev–Trinajstić information content (AvgIpc) is 2.89. The van der Waals surface area contributed by atoms with E-state index in [0.29, 0.717) is 37.7 Å². The first-order chi connectivity index (χ1) is 16.8. The van der Waals surface area contributed by atoms with Gasteiger partial charge in [0, 0.05) is 31.7 Å². The summed E-state index contributed by atoms with van der Waals surface area (Å²) in [5, 5.41) is 10.9. The smallest absolute Gasteiger partial charge is 0.241 e. The highest BCUT2D eigenvalue weighted by atomic mass is 32.2. The number of rotatable bonds is 8. The van der Waals surface area contributed by atoms with Gasteiger partial charge in [-0.2, -0.15) is 4.72 Å². The summed E-state index contributed by atoms with van der Waals surface area (Å²) < 4.78 is 29.3. The van der Waals surface area contributed by atoms with Crippen LogP contribution in [0.4, 0.5) is 0 Å². The van der Waals surface area contributed by atoms with Gasteiger partial charge in [-0.25, -0.2) is 8.42 Å². The maximum atomic E-state index is 13.4. The van der Waals surface area contributed by atoms with Crippen molar-refractivity contribution in [1.29, 1.82) is 5.41 Å². The number of nitrogen functional groups attached to an aromatic ring is 1. The molecule has 2 aromatic rings. The topological polar surface area (TPSA) is 128 Å². The molecule has 0 bridgehead atoms. The average molecular weight is 498 g/mol. The Bertz CT molecular complexity index is 1140. The zero-order valence-corrected chi connectivity index (χ0v) is 20.8. The molecule has 2 aromatic carbocycles. The van der Waals surface area contributed by atoms with Gasteiger partial charge in [0.15, 0.2) is 0 Å². The van der Waals surface area contributed by atoms with E-state index in [1.807, 2.05) is 18.2 Å². The summed E-state index contributed by atoms with van der Waals surface area (Å²) in [6, 6.07) is 13.2. The third-order valence-electron chi connectivity index (χ3n) is 6.97. The van der Waals surface area contributed by atoms with E-state index in [4.69, 9.17) is 11.1 Å². The number of carbonyl (C=O) groups excluding carboxylic acids is 1. The Labute approximate surface area is 207 Å². The lowest BCUT2D eigenvalue weighted by Crippen LogP contribution is -2.54. The molecule has 8 nitrogen and oxygen atoms in total. The van der Waals surface area contributed by atoms with Gasteiger partial charge in [0.2, 0.25) is 15.9 Å². The molecule has 5 N–H and O–H groups in total. The normalized spacial score (nSPS) is 18.2. The Morgan fingerprint density at radius 1 is 1.09 bits per heavy atom. The van der Waals surface area contributed by atoms with E-state index in [2.05, 4.69) is 10.0 Å². The fourth-order valence-corrected chi connectivity index (χ4v) is 6.19. The van der Waals surface area contributed by atoms with E-state index in [1.165, 1.54) is 24.8 Å². The lowest BCUT2D eigenvalue weighted by Gasteiger charge is -2.31. The summed E-state index contributed by atoms with van der Waals surface area (Å²) in [6.45, 7) is 2.41. The zero-order valence-electron chi connectivity index (χ0n) is 20.0. The van der Waals surface area contributed by atoms with Crippen LogP contribution in [-0.2, 0) is 21.2 Å². The van der Waals surface area contributed by atoms with Crippen molar-refractivity contribution >= 4 is 21.8 Å². The molecule has 0 aromatic heterocycles. The second-order valence-corrected chi connectivity index (χ2v) is 11.2. The molecular weight excluding hydrogens is 462 g/mol. The van der Waals surface area contributed by atoms with Crippen LogP contribution in [0.25, 0.3) is 0 Å². The van der Waals surface area contributed by atoms with Gasteiger partial charge < -0.3 is 16.0 Å². The van der Waals surface area contributed by atoms with Crippen molar-refractivity contribution in [3.63, 3.8) is 0 Å². The second-order valence-electron chi connectivity index (χ2n) is 9.47. The molecule has 1 saturated heterocycles. The Balaban J connectivity index is 1.55. The molecule has 0 radical (unpaired) electrons. The predicted octanol–water partition coefficient (Wildman–Crippen LogP) is 2.34. The highest BCUT2D eigenvalue weighted by Crippen LogP contribution is 2.33. The minimum atomic E-state index is -3.92. The van der Waals surface area contributed by atoms with Crippen molar-refractivity contribution in [2.45, 2.75) is 55.4 Å². The van der Waals surface area contributed by atoms with Crippen LogP contribution >= 0.6 is 0 Å². The van der Waals surface area contributed by atoms with Crippen LogP contribution in [0, 0.1) is 5.41 Å². The van der Waals surface area contributed by atoms with Crippen LogP contribution in [0.3, 0.4) is 0 Å². The SMILES string of the molecule is N=C(N)c1cccc(C[C@H](NS(=O)(=O)c2ccc(C3CCCCC3)cc2)C(=O)N2CCNCC2)c1. The number of benzene rings is 2. The fourth-order valence-electron chi connectivity index (χ4n) is 5.00. The summed E-state index contributed by atoms with van der Waals surface area (Å²) >= 11 is 0. The first kappa shape index (κ1) is 25.3. The van der Waals surface area contributed by atoms with E-state index in [9.17, 15) is 13.2 Å². The number of hydrogen-bond acceptors (Lipinski definition) is 5. The zero-order chi connectivity index (χ0) is 24.8. The first-order valence-electron chi connectivity index (χ1n) is 12.4. The van der Waals surface area contributed by atoms with Gasteiger partial charge in [-0.15, -0.1) is 0 Å². The maximum Gasteiger partial charge on any atom is 0.241 e. The van der Waals surface area contributed by atoms with E-state index in [-0.39, 0.29) is 23.1 Å². The molecule has 1 heterocycles. The number of amides is 1. The van der Waals surface area contributed by atoms with E-state index < -0.39 is 16.1 Å². The van der Waals surface area contributed by atoms with Crippen molar-refractivity contribution in [3.8, 4) is 0 Å². The van der Waals surface area contributed by atoms with Crippen LogP contribution in [0.1, 0.15) is 54.7 Å². The summed E-state index contributed by atoms with van der Waals surface area (Å²) in [7, 11) is -3.92. The molecule has 9 heteroatoms. The molecule has 35 heavy (non-hydrogen) atoms. The Morgan fingerprint density at radius 2 is 1.77 bits per heavy atom. The van der Waals surface area contributed by atoms with Crippen LogP contribution in [-0.4, -0.2) is 57.3 Å². The molecule has 1 amide bonds. The predicted molar refractivity (Wildman–Crippen MR) is 137 cm³/mol. The Kier molecular flexibility index (Phi) is 8.20. The van der Waals surface area contributed by atoms with Crippen molar-refractivity contribution in [2.24, 2.45) is 5.73 Å². The number of carbonyl (C=O) groups is 1. The molecule has 188 valence electrons. The van der Waals surface area contributed by atoms with Crippen LogP contribution in [0.5, 0.6) is 0 Å². The minimum Gasteiger partial charge on any atom is -0.384 e. The highest BCUT2D eigenvalue weighted by Gasteiger charge is 2.30. The fraction of sp³-hybridized carbons (Fsp3) is 0.462. The number of nitrogens with one attached hydrogen (secondary N) is 3. The third-order valence-corrected chi connectivity index (χ3v) is 8.46. The van der Waals surface area contributed by atoms with Crippen molar-refractivity contribution in [2.75, 3.05) is 26.2 Å². The first-order valence-corrected chi connectivity index (χ1v) is 13.9. The number of sulfonamides is 1. The number of piperazine rings is 1. The van der Waals surface area contributed by atoms with Gasteiger partial charge in [0.25, 0.3) is 0 Å². The lowest BCUT2D eigenvalue weighted by atomic mass is 9.84. The molecule has 2 fully saturated rings. The molecule has 0 spiro atoms. The van der Waals surface area contributed by atoms with E-state index in [0.717, 1.165) is 18.4 Å². The third kappa shape index (κ3) is 6.48. The van der Waals surface area contributed by atoms with Gasteiger partial charge in [-0.3, -0.25) is 10.2 Å². The molecule has 0 unspecified atom stereocenters. The van der Waals surface area contributed by atoms with Crippen LogP contribution < -0.4 is 15.8 Å². The minimum absolute atomic E-state index is 0.0736. The van der Waals surface area contributed by atoms with Crippen molar-refractivity contribution in [3.05, 3.63) is 65.2 Å². The largest absolute Gasteiger partial charge is 0.384 e.